The third kappa shape index (κ3) is 4.13. The summed E-state index contributed by atoms with van der Waals surface area (Å²) in [6.07, 6.45) is 0. The Labute approximate surface area is 152 Å². The number of nitrogens with two attached hydrogens (primary N) is 1. The highest BCUT2D eigenvalue weighted by Gasteiger charge is 2.22. The molecule has 0 heterocycles. The summed E-state index contributed by atoms with van der Waals surface area (Å²) in [4.78, 5) is 11.9. The Morgan fingerprint density at radius 1 is 1.33 bits per heavy atom. The third-order valence-corrected chi connectivity index (χ3v) is 5.67. The molecule has 1 amide bonds. The van der Waals surface area contributed by atoms with Gasteiger partial charge >= 0.3 is 0 Å². The minimum atomic E-state index is -4.19. The maximum absolute atomic E-state index is 13.7. The van der Waals surface area contributed by atoms with Crippen molar-refractivity contribution in [2.24, 2.45) is 5.14 Å². The molecule has 0 aliphatic heterocycles. The number of benzene rings is 2. The van der Waals surface area contributed by atoms with Crippen LogP contribution in [0.15, 0.2) is 45.8 Å². The zero-order chi connectivity index (χ0) is 18.1. The lowest BCUT2D eigenvalue weighted by molar-refractivity contribution is 0.0938. The number of primary sulfonamides is 1. The van der Waals surface area contributed by atoms with E-state index in [1.807, 2.05) is 0 Å². The van der Waals surface area contributed by atoms with Crippen LogP contribution >= 0.6 is 27.5 Å². The fourth-order valence-electron chi connectivity index (χ4n) is 2.11. The van der Waals surface area contributed by atoms with E-state index >= 15 is 0 Å². The summed E-state index contributed by atoms with van der Waals surface area (Å²) in [5.74, 6) is -1.56. The number of amides is 1. The molecule has 2 aromatic rings. The van der Waals surface area contributed by atoms with Gasteiger partial charge in [0.1, 0.15) is 5.82 Å². The molecule has 0 spiro atoms. The second-order valence-electron chi connectivity index (χ2n) is 5.03. The van der Waals surface area contributed by atoms with Crippen LogP contribution in [0.5, 0.6) is 0 Å². The van der Waals surface area contributed by atoms with Crippen LogP contribution in [0.4, 0.5) is 4.39 Å². The zero-order valence-electron chi connectivity index (χ0n) is 12.4. The van der Waals surface area contributed by atoms with Gasteiger partial charge < -0.3 is 5.32 Å². The fourth-order valence-corrected chi connectivity index (χ4v) is 4.14. The smallest absolute Gasteiger partial charge is 0.253 e. The van der Waals surface area contributed by atoms with Crippen molar-refractivity contribution in [2.45, 2.75) is 17.9 Å². The van der Waals surface area contributed by atoms with E-state index in [1.165, 1.54) is 0 Å². The molecule has 24 heavy (non-hydrogen) atoms. The maximum atomic E-state index is 13.7. The SMILES string of the molecule is C[C@@H](NC(=O)c1cc(F)cc(S(N)(=O)=O)c1Br)c1ccccc1Cl. The quantitative estimate of drug-likeness (QED) is 0.771. The Bertz CT molecular complexity index is 906. The molecule has 9 heteroatoms. The van der Waals surface area contributed by atoms with Gasteiger partial charge in [-0.15, -0.1) is 0 Å². The molecular formula is C15H13BrClFN2O3S. The summed E-state index contributed by atoms with van der Waals surface area (Å²) >= 11 is 9.07. The highest BCUT2D eigenvalue weighted by atomic mass is 79.9. The average molecular weight is 436 g/mol. The molecule has 0 aliphatic carbocycles. The molecule has 0 radical (unpaired) electrons. The van der Waals surface area contributed by atoms with E-state index in [9.17, 15) is 17.6 Å². The van der Waals surface area contributed by atoms with Gasteiger partial charge in [-0.1, -0.05) is 29.8 Å². The first kappa shape index (κ1) is 18.9. The van der Waals surface area contributed by atoms with Crippen LogP contribution in [0.2, 0.25) is 5.02 Å². The van der Waals surface area contributed by atoms with E-state index in [4.69, 9.17) is 16.7 Å². The van der Waals surface area contributed by atoms with E-state index in [2.05, 4.69) is 21.2 Å². The van der Waals surface area contributed by atoms with E-state index in [-0.39, 0.29) is 10.0 Å². The first-order valence-electron chi connectivity index (χ1n) is 6.68. The monoisotopic (exact) mass is 434 g/mol. The number of rotatable bonds is 4. The van der Waals surface area contributed by atoms with Crippen molar-refractivity contribution in [3.8, 4) is 0 Å². The molecule has 3 N–H and O–H groups in total. The summed E-state index contributed by atoms with van der Waals surface area (Å²) in [6, 6.07) is 8.13. The standard InChI is InChI=1S/C15H13BrClFN2O3S/c1-8(10-4-2-3-5-12(10)17)20-15(21)11-6-9(18)7-13(14(11)16)24(19,22)23/h2-8H,1H3,(H,20,21)(H2,19,22,23)/t8-/m1/s1. The van der Waals surface area contributed by atoms with Crippen molar-refractivity contribution in [1.29, 1.82) is 0 Å². The molecule has 1 atom stereocenters. The van der Waals surface area contributed by atoms with Crippen LogP contribution in [0, 0.1) is 5.82 Å². The van der Waals surface area contributed by atoms with Crippen molar-refractivity contribution < 1.29 is 17.6 Å². The normalized spacial score (nSPS) is 12.7. The van der Waals surface area contributed by atoms with Gasteiger partial charge in [0.05, 0.1) is 21.0 Å². The minimum absolute atomic E-state index is 0.102. The lowest BCUT2D eigenvalue weighted by Gasteiger charge is -2.17. The van der Waals surface area contributed by atoms with Gasteiger partial charge in [-0.25, -0.2) is 17.9 Å². The number of carbonyl (C=O) groups excluding carboxylic acids is 1. The van der Waals surface area contributed by atoms with Gasteiger partial charge in [-0.05, 0) is 46.6 Å². The molecule has 128 valence electrons. The summed E-state index contributed by atoms with van der Waals surface area (Å²) in [6.45, 7) is 1.70. The number of hydrogen-bond donors (Lipinski definition) is 2. The van der Waals surface area contributed by atoms with Crippen LogP contribution in [0.25, 0.3) is 0 Å². The van der Waals surface area contributed by atoms with Crippen LogP contribution in [0.3, 0.4) is 0 Å². The van der Waals surface area contributed by atoms with Gasteiger partial charge in [0, 0.05) is 5.02 Å². The zero-order valence-corrected chi connectivity index (χ0v) is 15.5. The lowest BCUT2D eigenvalue weighted by Crippen LogP contribution is -2.28. The fraction of sp³-hybridized carbons (Fsp3) is 0.133. The molecule has 2 aromatic carbocycles. The van der Waals surface area contributed by atoms with Gasteiger partial charge in [0.2, 0.25) is 10.0 Å². The largest absolute Gasteiger partial charge is 0.345 e. The number of hydrogen-bond acceptors (Lipinski definition) is 3. The molecule has 0 aliphatic rings. The Hall–Kier alpha value is -1.48. The van der Waals surface area contributed by atoms with Crippen molar-refractivity contribution in [2.75, 3.05) is 0 Å². The van der Waals surface area contributed by atoms with Crippen molar-refractivity contribution in [1.82, 2.24) is 5.32 Å². The highest BCUT2D eigenvalue weighted by molar-refractivity contribution is 9.10. The molecule has 0 saturated heterocycles. The molecule has 2 rings (SSSR count). The van der Waals surface area contributed by atoms with E-state index < -0.39 is 32.7 Å². The molecule has 0 bridgehead atoms. The maximum Gasteiger partial charge on any atom is 0.253 e. The molecule has 0 unspecified atom stereocenters. The van der Waals surface area contributed by atoms with Gasteiger partial charge in [0.25, 0.3) is 5.91 Å². The summed E-state index contributed by atoms with van der Waals surface area (Å²) in [7, 11) is -4.19. The lowest BCUT2D eigenvalue weighted by atomic mass is 10.1. The van der Waals surface area contributed by atoms with Crippen molar-refractivity contribution in [3.05, 3.63) is 62.8 Å². The molecule has 5 nitrogen and oxygen atoms in total. The second-order valence-corrected chi connectivity index (χ2v) is 7.76. The molecule has 0 aromatic heterocycles. The van der Waals surface area contributed by atoms with Gasteiger partial charge in [-0.3, -0.25) is 4.79 Å². The van der Waals surface area contributed by atoms with Crippen LogP contribution in [0.1, 0.15) is 28.9 Å². The number of halogens is 3. The average Bonchev–Trinajstić information content (AvgIpc) is 2.48. The first-order valence-corrected chi connectivity index (χ1v) is 9.40. The molecule has 0 saturated carbocycles. The van der Waals surface area contributed by atoms with E-state index in [0.29, 0.717) is 10.6 Å². The summed E-state index contributed by atoms with van der Waals surface area (Å²) in [5.41, 5.74) is 0.490. The third-order valence-electron chi connectivity index (χ3n) is 3.27. The highest BCUT2D eigenvalue weighted by Crippen LogP contribution is 2.28. The molecular weight excluding hydrogens is 423 g/mol. The summed E-state index contributed by atoms with van der Waals surface area (Å²) < 4.78 is 36.6. The number of nitrogens with one attached hydrogen (secondary N) is 1. The van der Waals surface area contributed by atoms with Gasteiger partial charge in [-0.2, -0.15) is 0 Å². The Kier molecular flexibility index (Phi) is 5.64. The number of carbonyl (C=O) groups is 1. The van der Waals surface area contributed by atoms with Crippen molar-refractivity contribution >= 4 is 43.5 Å². The van der Waals surface area contributed by atoms with Crippen LogP contribution in [-0.4, -0.2) is 14.3 Å². The minimum Gasteiger partial charge on any atom is -0.345 e. The molecule has 0 fully saturated rings. The first-order chi connectivity index (χ1) is 11.1. The summed E-state index contributed by atoms with van der Waals surface area (Å²) in [5, 5.41) is 8.14. The van der Waals surface area contributed by atoms with Gasteiger partial charge in [0.15, 0.2) is 0 Å². The predicted molar refractivity (Wildman–Crippen MR) is 92.8 cm³/mol. The Morgan fingerprint density at radius 2 is 1.96 bits per heavy atom. The predicted octanol–water partition coefficient (Wildman–Crippen LogP) is 3.38. The Morgan fingerprint density at radius 3 is 2.54 bits per heavy atom. The van der Waals surface area contributed by atoms with Crippen LogP contribution < -0.4 is 10.5 Å². The Balaban J connectivity index is 2.37. The van der Waals surface area contributed by atoms with Crippen LogP contribution in [-0.2, 0) is 10.0 Å². The number of sulfonamides is 1. The second kappa shape index (κ2) is 7.18. The van der Waals surface area contributed by atoms with Crippen molar-refractivity contribution in [3.63, 3.8) is 0 Å². The topological polar surface area (TPSA) is 89.3 Å². The van der Waals surface area contributed by atoms with E-state index in [0.717, 1.165) is 12.1 Å². The van der Waals surface area contributed by atoms with E-state index in [1.54, 1.807) is 31.2 Å².